The van der Waals surface area contributed by atoms with Crippen LogP contribution in [0.5, 0.6) is 0 Å². The van der Waals surface area contributed by atoms with Crippen molar-refractivity contribution in [2.24, 2.45) is 0 Å². The molecule has 0 aromatic heterocycles. The fourth-order valence-corrected chi connectivity index (χ4v) is 3.63. The Labute approximate surface area is 189 Å². The zero-order valence-corrected chi connectivity index (χ0v) is 19.2. The first kappa shape index (κ1) is 24.0. The van der Waals surface area contributed by atoms with Crippen LogP contribution in [0.15, 0.2) is 59.1 Å². The molecule has 0 aliphatic heterocycles. The zero-order chi connectivity index (χ0) is 21.8. The topological polar surface area (TPSA) is 87.3 Å². The molecule has 1 atom stereocenters. The average Bonchev–Trinajstić information content (AvgIpc) is 2.76. The minimum Gasteiger partial charge on any atom is -0.354 e. The summed E-state index contributed by atoms with van der Waals surface area (Å²) in [5.41, 5.74) is 1.49. The van der Waals surface area contributed by atoms with Crippen LogP contribution < -0.4 is 16.0 Å². The van der Waals surface area contributed by atoms with Gasteiger partial charge in [0.2, 0.25) is 11.8 Å². The zero-order valence-electron chi connectivity index (χ0n) is 16.8. The monoisotopic (exact) mass is 491 g/mol. The van der Waals surface area contributed by atoms with Crippen LogP contribution in [0.2, 0.25) is 0 Å². The lowest BCUT2D eigenvalue weighted by Crippen LogP contribution is -2.47. The molecular formula is C22H26BrN3O3S. The maximum Gasteiger partial charge on any atom is 0.253 e. The van der Waals surface area contributed by atoms with Gasteiger partial charge in [-0.1, -0.05) is 42.5 Å². The van der Waals surface area contributed by atoms with Gasteiger partial charge < -0.3 is 16.0 Å². The first-order valence-corrected chi connectivity index (χ1v) is 11.8. The van der Waals surface area contributed by atoms with E-state index in [4.69, 9.17) is 0 Å². The van der Waals surface area contributed by atoms with E-state index in [0.29, 0.717) is 23.0 Å². The maximum absolute atomic E-state index is 12.6. The third kappa shape index (κ3) is 8.20. The van der Waals surface area contributed by atoms with Crippen LogP contribution in [0.3, 0.4) is 0 Å². The number of nitrogens with one attached hydrogen (secondary N) is 3. The molecule has 160 valence electrons. The van der Waals surface area contributed by atoms with Gasteiger partial charge in [-0.3, -0.25) is 14.4 Å². The minimum atomic E-state index is -0.663. The van der Waals surface area contributed by atoms with Crippen LogP contribution in [0.1, 0.15) is 28.8 Å². The highest BCUT2D eigenvalue weighted by atomic mass is 79.9. The molecule has 0 saturated carbocycles. The molecule has 2 rings (SSSR count). The predicted molar refractivity (Wildman–Crippen MR) is 124 cm³/mol. The standard InChI is InChI=1S/C22H26BrN3O3S/c1-30-14-12-19(26-21(28)17-9-5-6-10-18(17)23)22(29)24-13-11-20(27)25-15-16-7-3-2-4-8-16/h2-10,19H,11-15H2,1H3,(H,24,29)(H,25,27)(H,26,28). The van der Waals surface area contributed by atoms with Crippen molar-refractivity contribution < 1.29 is 14.4 Å². The summed E-state index contributed by atoms with van der Waals surface area (Å²) in [7, 11) is 0. The van der Waals surface area contributed by atoms with Crippen LogP contribution in [0, 0.1) is 0 Å². The first-order chi connectivity index (χ1) is 14.5. The molecule has 0 aliphatic rings. The fourth-order valence-electron chi connectivity index (χ4n) is 2.69. The molecule has 30 heavy (non-hydrogen) atoms. The van der Waals surface area contributed by atoms with Crippen molar-refractivity contribution in [1.29, 1.82) is 0 Å². The Kier molecular flexibility index (Phi) is 10.4. The number of carbonyl (C=O) groups is 3. The van der Waals surface area contributed by atoms with Crippen molar-refractivity contribution in [2.75, 3.05) is 18.6 Å². The van der Waals surface area contributed by atoms with Gasteiger partial charge in [0.25, 0.3) is 5.91 Å². The summed E-state index contributed by atoms with van der Waals surface area (Å²) in [6, 6.07) is 16.0. The summed E-state index contributed by atoms with van der Waals surface area (Å²) < 4.78 is 0.668. The molecule has 0 bridgehead atoms. The Hall–Kier alpha value is -2.32. The Morgan fingerprint density at radius 2 is 1.70 bits per heavy atom. The van der Waals surface area contributed by atoms with E-state index in [-0.39, 0.29) is 30.7 Å². The normalized spacial score (nSPS) is 11.4. The van der Waals surface area contributed by atoms with Crippen LogP contribution in [0.4, 0.5) is 0 Å². The lowest BCUT2D eigenvalue weighted by Gasteiger charge is -2.18. The van der Waals surface area contributed by atoms with Crippen LogP contribution in [0.25, 0.3) is 0 Å². The second-order valence-corrected chi connectivity index (χ2v) is 8.43. The van der Waals surface area contributed by atoms with Gasteiger partial charge >= 0.3 is 0 Å². The molecule has 2 aromatic carbocycles. The number of hydrogen-bond donors (Lipinski definition) is 3. The molecule has 3 amide bonds. The van der Waals surface area contributed by atoms with Gasteiger partial charge in [0, 0.05) is 24.0 Å². The minimum absolute atomic E-state index is 0.142. The van der Waals surface area contributed by atoms with Crippen molar-refractivity contribution in [3.63, 3.8) is 0 Å². The van der Waals surface area contributed by atoms with Crippen molar-refractivity contribution >= 4 is 45.4 Å². The highest BCUT2D eigenvalue weighted by molar-refractivity contribution is 9.10. The SMILES string of the molecule is CSCCC(NC(=O)c1ccccc1Br)C(=O)NCCC(=O)NCc1ccccc1. The Morgan fingerprint density at radius 1 is 1.00 bits per heavy atom. The summed E-state index contributed by atoms with van der Waals surface area (Å²) in [4.78, 5) is 37.1. The third-order valence-electron chi connectivity index (χ3n) is 4.33. The first-order valence-electron chi connectivity index (χ1n) is 9.64. The second-order valence-electron chi connectivity index (χ2n) is 6.59. The van der Waals surface area contributed by atoms with Gasteiger partial charge in [0.05, 0.1) is 5.56 Å². The van der Waals surface area contributed by atoms with Crippen LogP contribution in [-0.4, -0.2) is 42.3 Å². The van der Waals surface area contributed by atoms with Gasteiger partial charge in [-0.25, -0.2) is 0 Å². The summed E-state index contributed by atoms with van der Waals surface area (Å²) in [6.45, 7) is 0.659. The Balaban J connectivity index is 1.81. The summed E-state index contributed by atoms with van der Waals surface area (Å²) in [6.07, 6.45) is 2.62. The van der Waals surface area contributed by atoms with Crippen molar-refractivity contribution in [1.82, 2.24) is 16.0 Å². The Bertz CT molecular complexity index is 849. The molecule has 0 spiro atoms. The van der Waals surface area contributed by atoms with E-state index >= 15 is 0 Å². The van der Waals surface area contributed by atoms with E-state index in [1.54, 1.807) is 30.0 Å². The molecule has 8 heteroatoms. The van der Waals surface area contributed by atoms with Crippen molar-refractivity contribution in [3.05, 3.63) is 70.2 Å². The molecular weight excluding hydrogens is 466 g/mol. The number of halogens is 1. The molecule has 2 aromatic rings. The van der Waals surface area contributed by atoms with E-state index in [9.17, 15) is 14.4 Å². The highest BCUT2D eigenvalue weighted by Crippen LogP contribution is 2.16. The van der Waals surface area contributed by atoms with E-state index in [2.05, 4.69) is 31.9 Å². The van der Waals surface area contributed by atoms with E-state index in [1.165, 1.54) is 0 Å². The molecule has 0 saturated heterocycles. The summed E-state index contributed by atoms with van der Waals surface area (Å²) >= 11 is 4.96. The average molecular weight is 492 g/mol. The fraction of sp³-hybridized carbons (Fsp3) is 0.318. The lowest BCUT2D eigenvalue weighted by molar-refractivity contribution is -0.123. The van der Waals surface area contributed by atoms with Gasteiger partial charge in [0.1, 0.15) is 6.04 Å². The Morgan fingerprint density at radius 3 is 2.40 bits per heavy atom. The van der Waals surface area contributed by atoms with Gasteiger partial charge in [-0.05, 0) is 52.1 Å². The van der Waals surface area contributed by atoms with Crippen molar-refractivity contribution in [2.45, 2.75) is 25.4 Å². The van der Waals surface area contributed by atoms with Crippen LogP contribution in [-0.2, 0) is 16.1 Å². The number of carbonyl (C=O) groups excluding carboxylic acids is 3. The predicted octanol–water partition coefficient (Wildman–Crippen LogP) is 3.12. The number of amides is 3. The number of benzene rings is 2. The number of thioether (sulfide) groups is 1. The lowest BCUT2D eigenvalue weighted by atomic mass is 10.1. The van der Waals surface area contributed by atoms with Crippen LogP contribution >= 0.6 is 27.7 Å². The molecule has 0 heterocycles. The van der Waals surface area contributed by atoms with E-state index in [1.807, 2.05) is 42.7 Å². The van der Waals surface area contributed by atoms with E-state index < -0.39 is 6.04 Å². The van der Waals surface area contributed by atoms with Gasteiger partial charge in [-0.2, -0.15) is 11.8 Å². The van der Waals surface area contributed by atoms with Crippen molar-refractivity contribution in [3.8, 4) is 0 Å². The number of hydrogen-bond acceptors (Lipinski definition) is 4. The summed E-state index contributed by atoms with van der Waals surface area (Å²) in [5, 5.41) is 8.38. The van der Waals surface area contributed by atoms with Gasteiger partial charge in [0.15, 0.2) is 0 Å². The molecule has 0 radical (unpaired) electrons. The molecule has 0 aliphatic carbocycles. The quantitative estimate of drug-likeness (QED) is 0.450. The largest absolute Gasteiger partial charge is 0.354 e. The van der Waals surface area contributed by atoms with E-state index in [0.717, 1.165) is 11.3 Å². The third-order valence-corrected chi connectivity index (χ3v) is 5.67. The molecule has 0 fully saturated rings. The highest BCUT2D eigenvalue weighted by Gasteiger charge is 2.22. The second kappa shape index (κ2) is 13.1. The number of rotatable bonds is 11. The maximum atomic E-state index is 12.6. The molecule has 6 nitrogen and oxygen atoms in total. The molecule has 1 unspecified atom stereocenters. The molecule has 3 N–H and O–H groups in total. The van der Waals surface area contributed by atoms with Gasteiger partial charge in [-0.15, -0.1) is 0 Å². The smallest absolute Gasteiger partial charge is 0.253 e. The summed E-state index contributed by atoms with van der Waals surface area (Å²) in [5.74, 6) is -0.0204.